The van der Waals surface area contributed by atoms with Crippen molar-refractivity contribution in [2.45, 2.75) is 70.4 Å². The zero-order valence-corrected chi connectivity index (χ0v) is 22.3. The molecule has 38 heavy (non-hydrogen) atoms. The summed E-state index contributed by atoms with van der Waals surface area (Å²) < 4.78 is 13.1. The van der Waals surface area contributed by atoms with E-state index in [4.69, 9.17) is 9.47 Å². The highest BCUT2D eigenvalue weighted by Crippen LogP contribution is 2.46. The largest absolute Gasteiger partial charge is 0.465 e. The molecule has 1 atom stereocenters. The highest BCUT2D eigenvalue weighted by atomic mass is 16.5. The van der Waals surface area contributed by atoms with Crippen LogP contribution in [-0.4, -0.2) is 42.8 Å². The summed E-state index contributed by atoms with van der Waals surface area (Å²) in [6.07, 6.45) is 10.2. The van der Waals surface area contributed by atoms with Gasteiger partial charge in [-0.05, 0) is 67.9 Å². The Morgan fingerprint density at radius 2 is 1.89 bits per heavy atom. The molecule has 0 bridgehead atoms. The molecule has 1 aromatic heterocycles. The Hall–Kier alpha value is -3.38. The summed E-state index contributed by atoms with van der Waals surface area (Å²) in [7, 11) is 1.41. The number of esters is 1. The number of nitrogens with zero attached hydrogens (tertiary/aromatic N) is 1. The van der Waals surface area contributed by atoms with Crippen molar-refractivity contribution in [3.8, 4) is 11.3 Å². The maximum atomic E-state index is 13.6. The van der Waals surface area contributed by atoms with Gasteiger partial charge in [-0.2, -0.15) is 0 Å². The molecule has 0 spiro atoms. The van der Waals surface area contributed by atoms with E-state index in [1.54, 1.807) is 0 Å². The van der Waals surface area contributed by atoms with Crippen LogP contribution in [0, 0.1) is 6.92 Å². The molecule has 0 radical (unpaired) electrons. The van der Waals surface area contributed by atoms with Crippen molar-refractivity contribution in [1.82, 2.24) is 9.88 Å². The van der Waals surface area contributed by atoms with Crippen molar-refractivity contribution in [3.63, 3.8) is 0 Å². The van der Waals surface area contributed by atoms with Gasteiger partial charge in [0.25, 0.3) is 0 Å². The molecule has 3 aliphatic rings. The molecule has 6 heteroatoms. The zero-order chi connectivity index (χ0) is 26.2. The van der Waals surface area contributed by atoms with Crippen molar-refractivity contribution in [3.05, 3.63) is 64.2 Å². The van der Waals surface area contributed by atoms with Crippen LogP contribution in [0.4, 0.5) is 0 Å². The third-order valence-corrected chi connectivity index (χ3v) is 8.46. The van der Waals surface area contributed by atoms with Gasteiger partial charge >= 0.3 is 5.97 Å². The Kier molecular flexibility index (Phi) is 6.83. The van der Waals surface area contributed by atoms with E-state index < -0.39 is 0 Å². The molecular formula is C32H36N2O4. The van der Waals surface area contributed by atoms with E-state index in [9.17, 15) is 9.59 Å². The van der Waals surface area contributed by atoms with Crippen molar-refractivity contribution < 1.29 is 19.1 Å². The van der Waals surface area contributed by atoms with E-state index in [0.717, 1.165) is 54.5 Å². The van der Waals surface area contributed by atoms with Gasteiger partial charge in [0, 0.05) is 35.2 Å². The highest BCUT2D eigenvalue weighted by Gasteiger charge is 2.30. The average molecular weight is 513 g/mol. The van der Waals surface area contributed by atoms with Gasteiger partial charge in [-0.15, -0.1) is 0 Å². The second-order valence-corrected chi connectivity index (χ2v) is 11.0. The number of carbonyl (C=O) groups excluding carboxylic acids is 2. The Balaban J connectivity index is 1.52. The van der Waals surface area contributed by atoms with Crippen LogP contribution < -0.4 is 5.32 Å². The second-order valence-electron chi connectivity index (χ2n) is 11.0. The lowest BCUT2D eigenvalue weighted by atomic mass is 9.81. The summed E-state index contributed by atoms with van der Waals surface area (Å²) in [5.74, 6) is 0.0397. The summed E-state index contributed by atoms with van der Waals surface area (Å²) in [5.41, 5.74) is 8.14. The number of aryl methyl sites for hydroxylation is 1. The smallest absolute Gasteiger partial charge is 0.337 e. The first kappa shape index (κ1) is 24.9. The van der Waals surface area contributed by atoms with Crippen LogP contribution in [0.25, 0.3) is 28.2 Å². The number of ether oxygens (including phenoxy) is 2. The predicted octanol–water partition coefficient (Wildman–Crippen LogP) is 6.14. The Morgan fingerprint density at radius 3 is 2.66 bits per heavy atom. The molecule has 2 aromatic carbocycles. The Morgan fingerprint density at radius 1 is 1.05 bits per heavy atom. The SMILES string of the molecule is COC(=O)c1ccc2c(C3CCCCC3)c3n(c2c1)CC(C(=O)NCC1CCCO1)=Cc1cc(C)ccc1-3. The maximum absolute atomic E-state index is 13.6. The summed E-state index contributed by atoms with van der Waals surface area (Å²) in [5, 5.41) is 4.31. The number of methoxy groups -OCH3 is 1. The first-order valence-electron chi connectivity index (χ1n) is 14.0. The van der Waals surface area contributed by atoms with E-state index in [1.807, 2.05) is 12.1 Å². The van der Waals surface area contributed by atoms with Crippen LogP contribution in [0.15, 0.2) is 42.0 Å². The summed E-state index contributed by atoms with van der Waals surface area (Å²) >= 11 is 0. The third kappa shape index (κ3) is 4.55. The molecule has 2 aliphatic heterocycles. The van der Waals surface area contributed by atoms with Gasteiger partial charge in [-0.25, -0.2) is 4.79 Å². The van der Waals surface area contributed by atoms with Gasteiger partial charge in [0.1, 0.15) is 0 Å². The molecule has 2 fully saturated rings. The van der Waals surface area contributed by atoms with Gasteiger partial charge in [0.05, 0.1) is 31.0 Å². The van der Waals surface area contributed by atoms with E-state index in [1.165, 1.54) is 43.0 Å². The van der Waals surface area contributed by atoms with Crippen LogP contribution in [0.2, 0.25) is 0 Å². The van der Waals surface area contributed by atoms with Crippen molar-refractivity contribution in [2.75, 3.05) is 20.3 Å². The second kappa shape index (κ2) is 10.4. The van der Waals surface area contributed by atoms with E-state index >= 15 is 0 Å². The molecule has 6 rings (SSSR count). The molecular weight excluding hydrogens is 476 g/mol. The molecule has 1 saturated heterocycles. The van der Waals surface area contributed by atoms with E-state index in [2.05, 4.69) is 47.1 Å². The van der Waals surface area contributed by atoms with Gasteiger partial charge in [0.2, 0.25) is 5.91 Å². The number of hydrogen-bond donors (Lipinski definition) is 1. The summed E-state index contributed by atoms with van der Waals surface area (Å²) in [6.45, 7) is 3.82. The lowest BCUT2D eigenvalue weighted by Gasteiger charge is -2.24. The minimum absolute atomic E-state index is 0.0639. The number of nitrogens with one attached hydrogen (secondary N) is 1. The number of hydrogen-bond acceptors (Lipinski definition) is 4. The van der Waals surface area contributed by atoms with Gasteiger partial charge in [0.15, 0.2) is 0 Å². The van der Waals surface area contributed by atoms with Crippen molar-refractivity contribution in [1.29, 1.82) is 0 Å². The number of amides is 1. The molecule has 198 valence electrons. The molecule has 1 aliphatic carbocycles. The quantitative estimate of drug-likeness (QED) is 0.417. The molecule has 1 unspecified atom stereocenters. The number of benzene rings is 2. The normalized spacial score (nSPS) is 19.4. The van der Waals surface area contributed by atoms with Crippen molar-refractivity contribution in [2.24, 2.45) is 0 Å². The van der Waals surface area contributed by atoms with Gasteiger partial charge in [-0.3, -0.25) is 4.79 Å². The van der Waals surface area contributed by atoms with Crippen molar-refractivity contribution >= 4 is 28.9 Å². The monoisotopic (exact) mass is 512 g/mol. The molecule has 1 amide bonds. The van der Waals surface area contributed by atoms with Crippen LogP contribution in [-0.2, 0) is 20.8 Å². The topological polar surface area (TPSA) is 69.6 Å². The van der Waals surface area contributed by atoms with Gasteiger partial charge in [-0.1, -0.05) is 49.1 Å². The fourth-order valence-corrected chi connectivity index (χ4v) is 6.56. The maximum Gasteiger partial charge on any atom is 0.337 e. The molecule has 6 nitrogen and oxygen atoms in total. The first-order chi connectivity index (χ1) is 18.5. The molecule has 1 saturated carbocycles. The fraction of sp³-hybridized carbons (Fsp3) is 0.438. The van der Waals surface area contributed by atoms with E-state index in [-0.39, 0.29) is 18.0 Å². The summed E-state index contributed by atoms with van der Waals surface area (Å²) in [4.78, 5) is 26.1. The number of rotatable bonds is 5. The van der Waals surface area contributed by atoms with Crippen LogP contribution in [0.3, 0.4) is 0 Å². The number of aromatic nitrogens is 1. The van der Waals surface area contributed by atoms with Crippen LogP contribution in [0.1, 0.15) is 77.9 Å². The minimum Gasteiger partial charge on any atom is -0.465 e. The first-order valence-corrected chi connectivity index (χ1v) is 14.0. The number of fused-ring (bicyclic) bond motifs is 5. The Bertz CT molecular complexity index is 1420. The fourth-order valence-electron chi connectivity index (χ4n) is 6.56. The molecule has 1 N–H and O–H groups in total. The minimum atomic E-state index is -0.351. The average Bonchev–Trinajstić information content (AvgIpc) is 3.53. The third-order valence-electron chi connectivity index (χ3n) is 8.46. The lowest BCUT2D eigenvalue weighted by molar-refractivity contribution is -0.118. The Labute approximate surface area is 224 Å². The zero-order valence-electron chi connectivity index (χ0n) is 22.3. The highest BCUT2D eigenvalue weighted by molar-refractivity contribution is 6.03. The van der Waals surface area contributed by atoms with E-state index in [0.29, 0.717) is 30.1 Å². The van der Waals surface area contributed by atoms with Crippen LogP contribution in [0.5, 0.6) is 0 Å². The van der Waals surface area contributed by atoms with Crippen LogP contribution >= 0.6 is 0 Å². The predicted molar refractivity (Wildman–Crippen MR) is 149 cm³/mol. The lowest BCUT2D eigenvalue weighted by Crippen LogP contribution is -2.33. The van der Waals surface area contributed by atoms with Gasteiger partial charge < -0.3 is 19.4 Å². The molecule has 3 aromatic rings. The molecule has 3 heterocycles. The standard InChI is InChI=1S/C32H36N2O4/c1-20-10-12-26-23(15-20)16-24(31(35)33-18-25-9-6-14-38-25)19-34-28-17-22(32(36)37-2)11-13-27(28)29(30(26)34)21-7-4-3-5-8-21/h10-13,15-17,21,25H,3-9,14,18-19H2,1-2H3,(H,33,35). The summed E-state index contributed by atoms with van der Waals surface area (Å²) in [6, 6.07) is 12.4. The number of carbonyl (C=O) groups is 2.